The van der Waals surface area contributed by atoms with Crippen molar-refractivity contribution in [3.8, 4) is 11.5 Å². The molecule has 0 radical (unpaired) electrons. The molecule has 2 N–H and O–H groups in total. The van der Waals surface area contributed by atoms with Gasteiger partial charge in [-0.05, 0) is 32.3 Å². The summed E-state index contributed by atoms with van der Waals surface area (Å²) in [5, 5.41) is 3.70. The van der Waals surface area contributed by atoms with Gasteiger partial charge in [0.15, 0.2) is 5.82 Å². The lowest BCUT2D eigenvalue weighted by Crippen LogP contribution is -2.11. The Bertz CT molecular complexity index is 607. The molecule has 0 aliphatic carbocycles. The second-order valence-electron chi connectivity index (χ2n) is 4.59. The van der Waals surface area contributed by atoms with E-state index in [4.69, 9.17) is 10.3 Å². The molecule has 0 atom stereocenters. The Balaban J connectivity index is 2.37. The molecule has 5 nitrogen and oxygen atoms in total. The molecule has 0 aliphatic rings. The van der Waals surface area contributed by atoms with Gasteiger partial charge in [0.05, 0.1) is 12.1 Å². The van der Waals surface area contributed by atoms with Crippen molar-refractivity contribution in [1.29, 1.82) is 0 Å². The van der Waals surface area contributed by atoms with Gasteiger partial charge in [-0.2, -0.15) is 18.2 Å². The summed E-state index contributed by atoms with van der Waals surface area (Å²) < 4.78 is 43.1. The summed E-state index contributed by atoms with van der Waals surface area (Å²) in [4.78, 5) is 5.86. The summed E-state index contributed by atoms with van der Waals surface area (Å²) in [6.07, 6.45) is -4.48. The molecule has 1 heterocycles. The first-order valence-electron chi connectivity index (χ1n) is 5.71. The van der Waals surface area contributed by atoms with Gasteiger partial charge in [-0.25, -0.2) is 0 Å². The van der Waals surface area contributed by atoms with Crippen molar-refractivity contribution in [2.24, 2.45) is 0 Å². The third-order valence-corrected chi connectivity index (χ3v) is 2.46. The number of halogens is 3. The van der Waals surface area contributed by atoms with Gasteiger partial charge in [-0.15, -0.1) is 0 Å². The van der Waals surface area contributed by atoms with E-state index in [1.54, 1.807) is 0 Å². The van der Waals surface area contributed by atoms with Crippen LogP contribution in [0.15, 0.2) is 22.7 Å². The van der Waals surface area contributed by atoms with E-state index in [0.717, 1.165) is 12.1 Å². The van der Waals surface area contributed by atoms with E-state index >= 15 is 0 Å². The topological polar surface area (TPSA) is 68.2 Å². The molecule has 108 valence electrons. The number of alkyl halides is 3. The average Bonchev–Trinajstić information content (AvgIpc) is 2.74. The number of nitrogens with zero attached hydrogens (tertiary/aromatic N) is 3. The van der Waals surface area contributed by atoms with Gasteiger partial charge in [0.1, 0.15) is 0 Å². The smallest absolute Gasteiger partial charge is 0.399 e. The number of hydrogen-bond donors (Lipinski definition) is 1. The highest BCUT2D eigenvalue weighted by molar-refractivity contribution is 5.62. The van der Waals surface area contributed by atoms with E-state index in [9.17, 15) is 13.2 Å². The average molecular weight is 286 g/mol. The SMILES string of the molecule is CN(C)Cc1noc(-c2cc(N)cc(C(F)(F)F)c2)n1. The van der Waals surface area contributed by atoms with Crippen LogP contribution in [-0.4, -0.2) is 29.1 Å². The van der Waals surface area contributed by atoms with E-state index in [1.165, 1.54) is 6.07 Å². The predicted molar refractivity (Wildman–Crippen MR) is 66.5 cm³/mol. The van der Waals surface area contributed by atoms with Crippen molar-refractivity contribution in [3.63, 3.8) is 0 Å². The van der Waals surface area contributed by atoms with Crippen LogP contribution in [0.1, 0.15) is 11.4 Å². The highest BCUT2D eigenvalue weighted by Crippen LogP contribution is 2.33. The lowest BCUT2D eigenvalue weighted by molar-refractivity contribution is -0.137. The maximum absolute atomic E-state index is 12.7. The van der Waals surface area contributed by atoms with E-state index in [1.807, 2.05) is 19.0 Å². The Morgan fingerprint density at radius 1 is 1.25 bits per heavy atom. The Morgan fingerprint density at radius 3 is 2.55 bits per heavy atom. The molecule has 0 bridgehead atoms. The van der Waals surface area contributed by atoms with Crippen LogP contribution in [0.25, 0.3) is 11.5 Å². The number of nitrogen functional groups attached to an aromatic ring is 1. The number of nitrogens with two attached hydrogens (primary N) is 1. The van der Waals surface area contributed by atoms with Crippen LogP contribution < -0.4 is 5.73 Å². The minimum Gasteiger partial charge on any atom is -0.399 e. The van der Waals surface area contributed by atoms with Crippen LogP contribution in [0.4, 0.5) is 18.9 Å². The van der Waals surface area contributed by atoms with Gasteiger partial charge < -0.3 is 15.2 Å². The van der Waals surface area contributed by atoms with Crippen LogP contribution in [-0.2, 0) is 12.7 Å². The molecule has 0 fully saturated rings. The summed E-state index contributed by atoms with van der Waals surface area (Å²) in [6, 6.07) is 3.16. The third kappa shape index (κ3) is 3.27. The second kappa shape index (κ2) is 5.12. The van der Waals surface area contributed by atoms with Crippen molar-refractivity contribution in [1.82, 2.24) is 15.0 Å². The van der Waals surface area contributed by atoms with Crippen molar-refractivity contribution in [3.05, 3.63) is 29.6 Å². The molecule has 2 rings (SSSR count). The summed E-state index contributed by atoms with van der Waals surface area (Å²) in [5.74, 6) is 0.403. The predicted octanol–water partition coefficient (Wildman–Crippen LogP) is 2.40. The highest BCUT2D eigenvalue weighted by Gasteiger charge is 2.31. The van der Waals surface area contributed by atoms with Gasteiger partial charge in [-0.1, -0.05) is 5.16 Å². The molecule has 0 aliphatic heterocycles. The number of rotatable bonds is 3. The molecule has 0 amide bonds. The van der Waals surface area contributed by atoms with E-state index in [-0.39, 0.29) is 17.1 Å². The fourth-order valence-electron chi connectivity index (χ4n) is 1.66. The number of benzene rings is 1. The molecule has 1 aromatic carbocycles. The number of hydrogen-bond acceptors (Lipinski definition) is 5. The zero-order valence-electron chi connectivity index (χ0n) is 10.9. The maximum atomic E-state index is 12.7. The first kappa shape index (κ1) is 14.3. The number of anilines is 1. The third-order valence-electron chi connectivity index (χ3n) is 2.46. The van der Waals surface area contributed by atoms with E-state index in [0.29, 0.717) is 12.4 Å². The zero-order chi connectivity index (χ0) is 14.9. The van der Waals surface area contributed by atoms with Gasteiger partial charge in [-0.3, -0.25) is 0 Å². The molecule has 0 saturated carbocycles. The normalized spacial score (nSPS) is 12.1. The Hall–Kier alpha value is -2.09. The van der Waals surface area contributed by atoms with Crippen LogP contribution in [0.2, 0.25) is 0 Å². The second-order valence-corrected chi connectivity index (χ2v) is 4.59. The lowest BCUT2D eigenvalue weighted by Gasteiger charge is -2.08. The monoisotopic (exact) mass is 286 g/mol. The lowest BCUT2D eigenvalue weighted by atomic mass is 10.1. The minimum atomic E-state index is -4.48. The van der Waals surface area contributed by atoms with Gasteiger partial charge >= 0.3 is 6.18 Å². The minimum absolute atomic E-state index is 0.0119. The van der Waals surface area contributed by atoms with Crippen molar-refractivity contribution < 1.29 is 17.7 Å². The largest absolute Gasteiger partial charge is 0.416 e. The quantitative estimate of drug-likeness (QED) is 0.877. The molecular formula is C12H13F3N4O. The molecule has 1 aromatic heterocycles. The van der Waals surface area contributed by atoms with Crippen LogP contribution in [0.5, 0.6) is 0 Å². The fraction of sp³-hybridized carbons (Fsp3) is 0.333. The Kier molecular flexibility index (Phi) is 3.67. The Labute approximate surface area is 113 Å². The van der Waals surface area contributed by atoms with Crippen LogP contribution >= 0.6 is 0 Å². The van der Waals surface area contributed by atoms with Crippen LogP contribution in [0, 0.1) is 0 Å². The van der Waals surface area contributed by atoms with E-state index < -0.39 is 11.7 Å². The molecule has 0 unspecified atom stereocenters. The summed E-state index contributed by atoms with van der Waals surface area (Å²) in [7, 11) is 3.64. The summed E-state index contributed by atoms with van der Waals surface area (Å²) in [6.45, 7) is 0.429. The standard InChI is InChI=1S/C12H13F3N4O/c1-19(2)6-10-17-11(20-18-10)7-3-8(12(13,14)15)5-9(16)4-7/h3-5H,6,16H2,1-2H3. The Morgan fingerprint density at radius 2 is 1.95 bits per heavy atom. The zero-order valence-corrected chi connectivity index (χ0v) is 10.9. The van der Waals surface area contributed by atoms with Crippen molar-refractivity contribution in [2.75, 3.05) is 19.8 Å². The highest BCUT2D eigenvalue weighted by atomic mass is 19.4. The summed E-state index contributed by atoms with van der Waals surface area (Å²) >= 11 is 0. The molecule has 0 spiro atoms. The molecule has 2 aromatic rings. The van der Waals surface area contributed by atoms with Gasteiger partial charge in [0.2, 0.25) is 0 Å². The van der Waals surface area contributed by atoms with Crippen molar-refractivity contribution >= 4 is 5.69 Å². The molecule has 20 heavy (non-hydrogen) atoms. The van der Waals surface area contributed by atoms with Crippen LogP contribution in [0.3, 0.4) is 0 Å². The number of aromatic nitrogens is 2. The molecular weight excluding hydrogens is 273 g/mol. The van der Waals surface area contributed by atoms with Gasteiger partial charge in [0, 0.05) is 11.3 Å². The maximum Gasteiger partial charge on any atom is 0.416 e. The van der Waals surface area contributed by atoms with E-state index in [2.05, 4.69) is 10.1 Å². The molecule has 0 saturated heterocycles. The fourth-order valence-corrected chi connectivity index (χ4v) is 1.66. The first-order valence-corrected chi connectivity index (χ1v) is 5.71. The van der Waals surface area contributed by atoms with Gasteiger partial charge in [0.25, 0.3) is 5.89 Å². The summed E-state index contributed by atoms with van der Waals surface area (Å²) in [5.41, 5.74) is 4.77. The first-order chi connectivity index (χ1) is 9.25. The van der Waals surface area contributed by atoms with Crippen molar-refractivity contribution in [2.45, 2.75) is 12.7 Å². The molecule has 8 heteroatoms.